The van der Waals surface area contributed by atoms with Gasteiger partial charge in [0.15, 0.2) is 0 Å². The van der Waals surface area contributed by atoms with E-state index in [9.17, 15) is 9.59 Å². The largest absolute Gasteiger partial charge is 0.463 e. The molecular formula is C10H9N3O3. The van der Waals surface area contributed by atoms with Gasteiger partial charge in [0, 0.05) is 12.4 Å². The fraction of sp³-hybridized carbons (Fsp3) is 0.200. The summed E-state index contributed by atoms with van der Waals surface area (Å²) in [6.45, 7) is 0. The molecule has 82 valence electrons. The quantitative estimate of drug-likeness (QED) is 0.534. The zero-order valence-electron chi connectivity index (χ0n) is 8.56. The third kappa shape index (κ3) is 3.38. The van der Waals surface area contributed by atoms with Crippen molar-refractivity contribution in [3.05, 3.63) is 23.8 Å². The van der Waals surface area contributed by atoms with Crippen molar-refractivity contribution in [3.63, 3.8) is 0 Å². The number of nitrogens with two attached hydrogens (primary N) is 1. The average molecular weight is 219 g/mol. The molecule has 1 amide bonds. The van der Waals surface area contributed by atoms with Crippen molar-refractivity contribution in [1.82, 2.24) is 9.97 Å². The number of rotatable bonds is 2. The van der Waals surface area contributed by atoms with Crippen LogP contribution >= 0.6 is 0 Å². The Balaban J connectivity index is 2.74. The summed E-state index contributed by atoms with van der Waals surface area (Å²) in [4.78, 5) is 28.9. The first-order valence-electron chi connectivity index (χ1n) is 4.31. The van der Waals surface area contributed by atoms with Gasteiger partial charge in [-0.15, -0.1) is 0 Å². The third-order valence-corrected chi connectivity index (χ3v) is 1.52. The fourth-order valence-corrected chi connectivity index (χ4v) is 0.823. The summed E-state index contributed by atoms with van der Waals surface area (Å²) in [5.41, 5.74) is 5.40. The van der Waals surface area contributed by atoms with Gasteiger partial charge in [-0.2, -0.15) is 0 Å². The molecule has 1 heterocycles. The lowest BCUT2D eigenvalue weighted by atomic mass is 10.3. The number of hydrogen-bond acceptors (Lipinski definition) is 5. The molecule has 0 aliphatic rings. The van der Waals surface area contributed by atoms with Crippen LogP contribution in [0.1, 0.15) is 22.6 Å². The van der Waals surface area contributed by atoms with Gasteiger partial charge in [0.25, 0.3) is 0 Å². The van der Waals surface area contributed by atoms with E-state index >= 15 is 0 Å². The second-order valence-electron chi connectivity index (χ2n) is 2.73. The minimum atomic E-state index is -0.614. The third-order valence-electron chi connectivity index (χ3n) is 1.52. The van der Waals surface area contributed by atoms with Crippen LogP contribution in [0, 0.1) is 11.8 Å². The molecule has 0 saturated heterocycles. The van der Waals surface area contributed by atoms with Crippen LogP contribution in [0.15, 0.2) is 12.4 Å². The van der Waals surface area contributed by atoms with E-state index in [1.807, 2.05) is 0 Å². The molecule has 1 aromatic heterocycles. The number of primary amides is 1. The Morgan fingerprint density at radius 1 is 1.44 bits per heavy atom. The fourth-order valence-electron chi connectivity index (χ4n) is 0.823. The number of aromatic nitrogens is 2. The van der Waals surface area contributed by atoms with Crippen LogP contribution in [0.5, 0.6) is 0 Å². The second-order valence-corrected chi connectivity index (χ2v) is 2.73. The van der Waals surface area contributed by atoms with Crippen LogP contribution in [-0.4, -0.2) is 29.0 Å². The Kier molecular flexibility index (Phi) is 3.98. The van der Waals surface area contributed by atoms with Crippen molar-refractivity contribution >= 4 is 11.9 Å². The van der Waals surface area contributed by atoms with Gasteiger partial charge in [-0.3, -0.25) is 4.79 Å². The Morgan fingerprint density at radius 3 is 2.56 bits per heavy atom. The average Bonchev–Trinajstić information content (AvgIpc) is 2.28. The molecule has 0 saturated carbocycles. The molecule has 1 rings (SSSR count). The standard InChI is InChI=1S/C10H9N3O3/c1-16-10(15)9-12-5-7(6-13-9)3-2-4-8(11)14/h5-6H,4H2,1H3,(H2,11,14). The second kappa shape index (κ2) is 5.46. The smallest absolute Gasteiger partial charge is 0.376 e. The first-order chi connectivity index (χ1) is 7.63. The molecule has 0 bridgehead atoms. The summed E-state index contributed by atoms with van der Waals surface area (Å²) in [6, 6.07) is 0. The number of carbonyl (C=O) groups is 2. The van der Waals surface area contributed by atoms with Gasteiger partial charge in [0.1, 0.15) is 0 Å². The molecular weight excluding hydrogens is 210 g/mol. The maximum atomic E-state index is 11.0. The maximum absolute atomic E-state index is 11.0. The normalized spacial score (nSPS) is 8.81. The summed E-state index contributed by atoms with van der Waals surface area (Å²) in [6.07, 6.45) is 2.71. The van der Waals surface area contributed by atoms with Crippen molar-refractivity contribution < 1.29 is 14.3 Å². The molecule has 6 nitrogen and oxygen atoms in total. The van der Waals surface area contributed by atoms with E-state index in [1.165, 1.54) is 19.5 Å². The highest BCUT2D eigenvalue weighted by atomic mass is 16.5. The van der Waals surface area contributed by atoms with Crippen molar-refractivity contribution in [1.29, 1.82) is 0 Å². The van der Waals surface area contributed by atoms with Crippen molar-refractivity contribution in [3.8, 4) is 11.8 Å². The van der Waals surface area contributed by atoms with E-state index < -0.39 is 11.9 Å². The van der Waals surface area contributed by atoms with Crippen LogP contribution in [0.3, 0.4) is 0 Å². The van der Waals surface area contributed by atoms with Crippen LogP contribution in [0.2, 0.25) is 0 Å². The summed E-state index contributed by atoms with van der Waals surface area (Å²) in [7, 11) is 1.24. The molecule has 6 heteroatoms. The molecule has 0 aromatic carbocycles. The topological polar surface area (TPSA) is 95.2 Å². The lowest BCUT2D eigenvalue weighted by molar-refractivity contribution is -0.117. The first kappa shape index (κ1) is 11.7. The Morgan fingerprint density at radius 2 is 2.06 bits per heavy atom. The number of esters is 1. The molecule has 0 radical (unpaired) electrons. The number of methoxy groups -OCH3 is 1. The van der Waals surface area contributed by atoms with Crippen LogP contribution in [-0.2, 0) is 9.53 Å². The Hall–Kier alpha value is -2.42. The Labute approximate surface area is 91.8 Å². The molecule has 0 unspecified atom stereocenters. The van der Waals surface area contributed by atoms with Gasteiger partial charge in [-0.1, -0.05) is 11.8 Å². The van der Waals surface area contributed by atoms with E-state index in [0.29, 0.717) is 5.56 Å². The van der Waals surface area contributed by atoms with E-state index in [4.69, 9.17) is 5.73 Å². The van der Waals surface area contributed by atoms with Gasteiger partial charge in [0.05, 0.1) is 19.1 Å². The number of amides is 1. The Bertz CT molecular complexity index is 456. The molecule has 2 N–H and O–H groups in total. The number of hydrogen-bond donors (Lipinski definition) is 1. The van der Waals surface area contributed by atoms with E-state index in [-0.39, 0.29) is 12.2 Å². The number of carbonyl (C=O) groups excluding carboxylic acids is 2. The summed E-state index contributed by atoms with van der Waals surface area (Å²) in [5.74, 6) is 4.02. The number of ether oxygens (including phenoxy) is 1. The molecule has 16 heavy (non-hydrogen) atoms. The lowest BCUT2D eigenvalue weighted by Crippen LogP contribution is -2.08. The van der Waals surface area contributed by atoms with E-state index in [0.717, 1.165) is 0 Å². The van der Waals surface area contributed by atoms with Crippen molar-refractivity contribution in [2.45, 2.75) is 6.42 Å². The van der Waals surface area contributed by atoms with Gasteiger partial charge >= 0.3 is 5.97 Å². The molecule has 0 fully saturated rings. The van der Waals surface area contributed by atoms with Crippen LogP contribution in [0.25, 0.3) is 0 Å². The highest BCUT2D eigenvalue weighted by Crippen LogP contribution is 1.95. The monoisotopic (exact) mass is 219 g/mol. The predicted molar refractivity (Wildman–Crippen MR) is 54.1 cm³/mol. The van der Waals surface area contributed by atoms with Crippen molar-refractivity contribution in [2.75, 3.05) is 7.11 Å². The van der Waals surface area contributed by atoms with Crippen LogP contribution < -0.4 is 5.73 Å². The first-order valence-corrected chi connectivity index (χ1v) is 4.31. The zero-order valence-corrected chi connectivity index (χ0v) is 8.56. The number of nitrogens with zero attached hydrogens (tertiary/aromatic N) is 2. The lowest BCUT2D eigenvalue weighted by Gasteiger charge is -1.95. The van der Waals surface area contributed by atoms with E-state index in [2.05, 4.69) is 26.5 Å². The summed E-state index contributed by atoms with van der Waals surface area (Å²) < 4.78 is 4.43. The molecule has 0 aliphatic heterocycles. The molecule has 0 atom stereocenters. The highest BCUT2D eigenvalue weighted by molar-refractivity contribution is 5.84. The molecule has 1 aromatic rings. The predicted octanol–water partition coefficient (Wildman–Crippen LogP) is -0.510. The zero-order chi connectivity index (χ0) is 12.0. The summed E-state index contributed by atoms with van der Waals surface area (Å²) in [5, 5.41) is 0. The summed E-state index contributed by atoms with van der Waals surface area (Å²) >= 11 is 0. The maximum Gasteiger partial charge on any atom is 0.376 e. The minimum absolute atomic E-state index is 0.0290. The van der Waals surface area contributed by atoms with Crippen molar-refractivity contribution in [2.24, 2.45) is 5.73 Å². The minimum Gasteiger partial charge on any atom is -0.463 e. The highest BCUT2D eigenvalue weighted by Gasteiger charge is 2.07. The van der Waals surface area contributed by atoms with Gasteiger partial charge in [0.2, 0.25) is 11.7 Å². The van der Waals surface area contributed by atoms with Gasteiger partial charge in [-0.25, -0.2) is 14.8 Å². The molecule has 0 spiro atoms. The van der Waals surface area contributed by atoms with Crippen LogP contribution in [0.4, 0.5) is 0 Å². The van der Waals surface area contributed by atoms with Gasteiger partial charge in [-0.05, 0) is 0 Å². The van der Waals surface area contributed by atoms with Gasteiger partial charge < -0.3 is 10.5 Å². The molecule has 0 aliphatic carbocycles. The van der Waals surface area contributed by atoms with E-state index in [1.54, 1.807) is 0 Å². The SMILES string of the molecule is COC(=O)c1ncc(C#CCC(N)=O)cn1.